The second kappa shape index (κ2) is 17.1. The van der Waals surface area contributed by atoms with Gasteiger partial charge in [-0.25, -0.2) is 28.1 Å². The summed E-state index contributed by atoms with van der Waals surface area (Å²) in [7, 11) is -3.18. The van der Waals surface area contributed by atoms with Gasteiger partial charge in [-0.2, -0.15) is 0 Å². The number of fused-ring (bicyclic) bond motifs is 1. The summed E-state index contributed by atoms with van der Waals surface area (Å²) in [6.45, 7) is 1.69. The minimum Gasteiger partial charge on any atom is -0.480 e. The smallest absolute Gasteiger partial charge is 0.320 e. The highest BCUT2D eigenvalue weighted by Gasteiger charge is 2.46. The number of aromatic nitrogens is 7. The lowest BCUT2D eigenvalue weighted by Crippen LogP contribution is -2.39. The van der Waals surface area contributed by atoms with Crippen molar-refractivity contribution in [3.63, 3.8) is 0 Å². The van der Waals surface area contributed by atoms with Crippen LogP contribution in [0, 0.1) is 0 Å². The number of aliphatic carboxylic acids is 1. The van der Waals surface area contributed by atoms with E-state index < -0.39 is 52.4 Å². The van der Waals surface area contributed by atoms with Gasteiger partial charge >= 0.3 is 5.97 Å². The van der Waals surface area contributed by atoms with Gasteiger partial charge in [-0.1, -0.05) is 5.21 Å². The molecule has 47 heavy (non-hydrogen) atoms. The first-order chi connectivity index (χ1) is 22.4. The maximum absolute atomic E-state index is 11.4. The predicted octanol–water partition coefficient (Wildman–Crippen LogP) is -2.19. The van der Waals surface area contributed by atoms with Gasteiger partial charge in [0.15, 0.2) is 27.5 Å². The minimum atomic E-state index is -3.18. The molecule has 0 spiro atoms. The van der Waals surface area contributed by atoms with E-state index in [0.29, 0.717) is 49.6 Å². The third kappa shape index (κ3) is 10.5. The molecule has 1 saturated heterocycles. The molecule has 1 aliphatic rings. The van der Waals surface area contributed by atoms with Gasteiger partial charge in [-0.05, 0) is 19.3 Å². The topological polar surface area (TPSA) is 290 Å². The fourth-order valence-electron chi connectivity index (χ4n) is 4.90. The average Bonchev–Trinajstić information content (AvgIpc) is 3.73. The van der Waals surface area contributed by atoms with Crippen LogP contribution >= 0.6 is 0 Å². The normalized spacial score (nSPS) is 21.4. The summed E-state index contributed by atoms with van der Waals surface area (Å²) in [4.78, 5) is 23.6. The molecular formula is C26H42N10O10S. The Balaban J connectivity index is 1.32. The Hall–Kier alpha value is -3.41. The number of hydrogen-bond acceptors (Lipinski definition) is 17. The van der Waals surface area contributed by atoms with Crippen molar-refractivity contribution in [2.75, 3.05) is 51.0 Å². The summed E-state index contributed by atoms with van der Waals surface area (Å²) in [6, 6.07) is -1.54. The third-order valence-corrected chi connectivity index (χ3v) is 7.88. The van der Waals surface area contributed by atoms with E-state index in [1.165, 1.54) is 18.9 Å². The van der Waals surface area contributed by atoms with Crippen molar-refractivity contribution in [3.05, 3.63) is 24.5 Å². The van der Waals surface area contributed by atoms with Crippen molar-refractivity contribution >= 4 is 32.8 Å². The molecule has 0 aliphatic carbocycles. The Morgan fingerprint density at radius 2 is 1.81 bits per heavy atom. The number of hydrogen-bond donors (Lipinski definition) is 5. The number of aliphatic hydroxyl groups is 1. The van der Waals surface area contributed by atoms with E-state index in [-0.39, 0.29) is 44.4 Å². The van der Waals surface area contributed by atoms with Crippen LogP contribution in [0.25, 0.3) is 11.2 Å². The van der Waals surface area contributed by atoms with Gasteiger partial charge in [0, 0.05) is 12.3 Å². The van der Waals surface area contributed by atoms with Gasteiger partial charge in [-0.3, -0.25) is 9.36 Å². The van der Waals surface area contributed by atoms with E-state index in [4.69, 9.17) is 46.0 Å². The van der Waals surface area contributed by atoms with Crippen molar-refractivity contribution in [1.29, 1.82) is 0 Å². The molecule has 3 aromatic rings. The zero-order valence-electron chi connectivity index (χ0n) is 25.9. The van der Waals surface area contributed by atoms with Gasteiger partial charge in [0.2, 0.25) is 0 Å². The zero-order valence-corrected chi connectivity index (χ0v) is 26.7. The molecule has 21 heteroatoms. The van der Waals surface area contributed by atoms with Crippen LogP contribution in [-0.4, -0.2) is 135 Å². The maximum atomic E-state index is 11.4. The van der Waals surface area contributed by atoms with Crippen molar-refractivity contribution < 1.29 is 47.1 Å². The first-order valence-corrected chi connectivity index (χ1v) is 16.9. The fourth-order valence-corrected chi connectivity index (χ4v) is 5.32. The van der Waals surface area contributed by atoms with E-state index in [0.717, 1.165) is 6.26 Å². The lowest BCUT2D eigenvalue weighted by molar-refractivity contribution is -0.138. The quantitative estimate of drug-likeness (QED) is 0.0743. The molecule has 0 saturated carbocycles. The number of imidazole rings is 1. The van der Waals surface area contributed by atoms with Crippen molar-refractivity contribution in [1.82, 2.24) is 34.5 Å². The Labute approximate surface area is 270 Å². The van der Waals surface area contributed by atoms with Crippen LogP contribution < -0.4 is 17.2 Å². The van der Waals surface area contributed by atoms with Crippen molar-refractivity contribution in [2.45, 2.75) is 69.0 Å². The van der Waals surface area contributed by atoms with Crippen LogP contribution in [0.4, 0.5) is 5.82 Å². The Morgan fingerprint density at radius 1 is 1.09 bits per heavy atom. The molecule has 0 unspecified atom stereocenters. The summed E-state index contributed by atoms with van der Waals surface area (Å²) in [5.41, 5.74) is 19.3. The molecule has 1 aliphatic heterocycles. The predicted molar refractivity (Wildman–Crippen MR) is 163 cm³/mol. The Morgan fingerprint density at radius 3 is 2.53 bits per heavy atom. The van der Waals surface area contributed by atoms with Gasteiger partial charge < -0.3 is 51.1 Å². The highest BCUT2D eigenvalue weighted by molar-refractivity contribution is 7.90. The van der Waals surface area contributed by atoms with E-state index in [1.54, 1.807) is 9.25 Å². The lowest BCUT2D eigenvalue weighted by Gasteiger charge is -2.23. The first kappa shape index (κ1) is 36.4. The summed E-state index contributed by atoms with van der Waals surface area (Å²) < 4.78 is 53.7. The van der Waals surface area contributed by atoms with Crippen LogP contribution in [0.5, 0.6) is 0 Å². The number of carboxylic acids is 1. The number of nitrogens with two attached hydrogens (primary N) is 3. The number of ether oxygens (including phenoxy) is 5. The van der Waals surface area contributed by atoms with E-state index in [2.05, 4.69) is 25.3 Å². The summed E-state index contributed by atoms with van der Waals surface area (Å²) in [5, 5.41) is 28.6. The number of rotatable bonds is 21. The van der Waals surface area contributed by atoms with Gasteiger partial charge in [0.25, 0.3) is 0 Å². The number of sulfone groups is 1. The number of carbonyl (C=O) groups is 1. The van der Waals surface area contributed by atoms with Crippen LogP contribution in [0.15, 0.2) is 18.9 Å². The van der Waals surface area contributed by atoms with Gasteiger partial charge in [0.1, 0.15) is 36.0 Å². The molecule has 20 nitrogen and oxygen atoms in total. The lowest BCUT2D eigenvalue weighted by atomic mass is 9.98. The Kier molecular flexibility index (Phi) is 13.3. The molecule has 0 radical (unpaired) electrons. The van der Waals surface area contributed by atoms with Gasteiger partial charge in [-0.15, -0.1) is 5.10 Å². The van der Waals surface area contributed by atoms with Crippen LogP contribution in [0.3, 0.4) is 0 Å². The molecule has 4 heterocycles. The van der Waals surface area contributed by atoms with E-state index in [9.17, 15) is 18.3 Å². The number of nitrogen functional groups attached to an aromatic ring is 1. The number of nitrogens with zero attached hydrogens (tertiary/aromatic N) is 7. The molecule has 3 aromatic heterocycles. The Bertz CT molecular complexity index is 1540. The zero-order chi connectivity index (χ0) is 34.0. The van der Waals surface area contributed by atoms with Crippen molar-refractivity contribution in [2.24, 2.45) is 11.5 Å². The summed E-state index contributed by atoms with van der Waals surface area (Å²) in [6.07, 6.45) is 2.43. The maximum Gasteiger partial charge on any atom is 0.320 e. The molecule has 1 fully saturated rings. The standard InChI is InChI=1S/C26H42N10O10S/c1-47(40,41)15-44-9-8-43-7-6-42-5-4-36-17(11-33-34-36)12-45-22-19(10-16(27)2-3-18(28)26(38)39)46-25(21(22)37)35-14-32-20-23(29)30-13-31-24(20)35/h11,13-14,16,18-19,21-22,25,37H,2-10,12,15,27-28H2,1H3,(H,38,39)(H2,29,30,31)/t16-,18-,19+,21+,22+,25+/m0/s1. The van der Waals surface area contributed by atoms with Gasteiger partial charge in [0.05, 0.1) is 70.5 Å². The first-order valence-electron chi connectivity index (χ1n) is 14.8. The third-order valence-electron chi connectivity index (χ3n) is 7.28. The molecule has 0 amide bonds. The average molecular weight is 687 g/mol. The number of carboxylic acid groups (broad SMARTS) is 1. The molecule has 6 atom stereocenters. The number of aliphatic hydroxyl groups excluding tert-OH is 1. The van der Waals surface area contributed by atoms with Crippen LogP contribution in [0.1, 0.15) is 31.2 Å². The molecule has 0 aromatic carbocycles. The van der Waals surface area contributed by atoms with Crippen molar-refractivity contribution in [3.8, 4) is 0 Å². The molecule has 262 valence electrons. The van der Waals surface area contributed by atoms with Crippen LogP contribution in [0.2, 0.25) is 0 Å². The SMILES string of the molecule is CS(=O)(=O)COCCOCCOCCn1nncc1CO[C@H]1[C@@H](O)[C@H](n2cnc3c(N)ncnc32)O[C@@H]1C[C@@H](N)CC[C@H](N)C(=O)O. The second-order valence-corrected chi connectivity index (χ2v) is 13.1. The summed E-state index contributed by atoms with van der Waals surface area (Å²) in [5.74, 6) is -1.29. The fraction of sp³-hybridized carbons (Fsp3) is 0.692. The van der Waals surface area contributed by atoms with E-state index >= 15 is 0 Å². The highest BCUT2D eigenvalue weighted by Crippen LogP contribution is 2.36. The monoisotopic (exact) mass is 686 g/mol. The minimum absolute atomic E-state index is 0.0246. The molecular weight excluding hydrogens is 644 g/mol. The second-order valence-electron chi connectivity index (χ2n) is 11.1. The molecule has 4 rings (SSSR count). The van der Waals surface area contributed by atoms with E-state index in [1.807, 2.05) is 0 Å². The largest absolute Gasteiger partial charge is 0.480 e. The number of anilines is 1. The molecule has 8 N–H and O–H groups in total. The summed E-state index contributed by atoms with van der Waals surface area (Å²) >= 11 is 0. The highest BCUT2D eigenvalue weighted by atomic mass is 32.2. The van der Waals surface area contributed by atoms with Crippen LogP contribution in [-0.2, 0) is 51.5 Å². The molecule has 0 bridgehead atoms.